The molecule has 1 aliphatic carbocycles. The van der Waals surface area contributed by atoms with Crippen molar-refractivity contribution in [2.75, 3.05) is 6.61 Å². The summed E-state index contributed by atoms with van der Waals surface area (Å²) in [6, 6.07) is 14.5. The number of hydrogen-bond donors (Lipinski definition) is 2. The molecule has 31 heavy (non-hydrogen) atoms. The van der Waals surface area contributed by atoms with Gasteiger partial charge in [0.2, 0.25) is 0 Å². The molecule has 2 aromatic carbocycles. The van der Waals surface area contributed by atoms with Crippen LogP contribution in [0.1, 0.15) is 61.4 Å². The molecule has 0 atom stereocenters. The number of nitrogens with one attached hydrogen (secondary N) is 2. The summed E-state index contributed by atoms with van der Waals surface area (Å²) in [5.74, 6) is 0.796. The van der Waals surface area contributed by atoms with Crippen molar-refractivity contribution in [3.8, 4) is 11.5 Å². The Morgan fingerprint density at radius 2 is 1.74 bits per heavy atom. The molecule has 0 aromatic heterocycles. The number of nitrogens with zero attached hydrogens (tertiary/aromatic N) is 1. The van der Waals surface area contributed by atoms with Crippen molar-refractivity contribution in [2.24, 2.45) is 5.10 Å². The van der Waals surface area contributed by atoms with E-state index in [9.17, 15) is 4.79 Å². The molecular formula is C24H29N3O3S. The first-order valence-corrected chi connectivity index (χ1v) is 11.2. The minimum atomic E-state index is -0.413. The summed E-state index contributed by atoms with van der Waals surface area (Å²) >= 11 is 5.29. The summed E-state index contributed by atoms with van der Waals surface area (Å²) in [7, 11) is 0. The molecule has 2 aromatic rings. The minimum Gasteiger partial charge on any atom is -0.494 e. The quantitative estimate of drug-likeness (QED) is 0.202. The van der Waals surface area contributed by atoms with Crippen LogP contribution < -0.4 is 20.2 Å². The topological polar surface area (TPSA) is 72.0 Å². The zero-order valence-corrected chi connectivity index (χ0v) is 18.6. The Balaban J connectivity index is 1.45. The molecule has 0 radical (unpaired) electrons. The molecule has 6 nitrogen and oxygen atoms in total. The molecule has 0 aliphatic heterocycles. The Morgan fingerprint density at radius 1 is 1.06 bits per heavy atom. The number of thiocarbonyl (C=S) groups is 1. The number of rotatable bonds is 8. The summed E-state index contributed by atoms with van der Waals surface area (Å²) in [5.41, 5.74) is 4.19. The van der Waals surface area contributed by atoms with Crippen molar-refractivity contribution in [3.05, 3.63) is 59.7 Å². The van der Waals surface area contributed by atoms with Gasteiger partial charge in [0.05, 0.1) is 18.4 Å². The van der Waals surface area contributed by atoms with E-state index in [1.54, 1.807) is 42.6 Å². The molecule has 1 fully saturated rings. The molecular weight excluding hydrogens is 410 g/mol. The van der Waals surface area contributed by atoms with Gasteiger partial charge in [0.1, 0.15) is 11.5 Å². The van der Waals surface area contributed by atoms with Crippen LogP contribution in [0, 0.1) is 0 Å². The van der Waals surface area contributed by atoms with Gasteiger partial charge in [-0.2, -0.15) is 5.10 Å². The van der Waals surface area contributed by atoms with Gasteiger partial charge in [0.25, 0.3) is 0 Å². The minimum absolute atomic E-state index is 0.413. The monoisotopic (exact) mass is 439 g/mol. The Morgan fingerprint density at radius 3 is 2.42 bits per heavy atom. The average Bonchev–Trinajstić information content (AvgIpc) is 2.80. The number of hydrogen-bond acceptors (Lipinski definition) is 5. The fraction of sp³-hybridized carbons (Fsp3) is 0.375. The van der Waals surface area contributed by atoms with Crippen LogP contribution in [0.5, 0.6) is 11.5 Å². The number of benzene rings is 2. The van der Waals surface area contributed by atoms with E-state index in [0.29, 0.717) is 29.1 Å². The van der Waals surface area contributed by atoms with Gasteiger partial charge in [-0.05, 0) is 85.6 Å². The first-order valence-electron chi connectivity index (χ1n) is 10.8. The largest absolute Gasteiger partial charge is 0.494 e. The van der Waals surface area contributed by atoms with Crippen LogP contribution in [0.3, 0.4) is 0 Å². The highest BCUT2D eigenvalue weighted by Crippen LogP contribution is 2.18. The van der Waals surface area contributed by atoms with Crippen molar-refractivity contribution in [1.29, 1.82) is 0 Å². The van der Waals surface area contributed by atoms with Gasteiger partial charge in [-0.25, -0.2) is 4.79 Å². The first kappa shape index (κ1) is 22.7. The lowest BCUT2D eigenvalue weighted by Gasteiger charge is -2.23. The Bertz CT molecular complexity index is 876. The fourth-order valence-electron chi connectivity index (χ4n) is 3.33. The van der Waals surface area contributed by atoms with E-state index in [0.717, 1.165) is 30.6 Å². The molecule has 0 heterocycles. The van der Waals surface area contributed by atoms with Crippen LogP contribution in [0.2, 0.25) is 0 Å². The summed E-state index contributed by atoms with van der Waals surface area (Å²) < 4.78 is 11.0. The summed E-state index contributed by atoms with van der Waals surface area (Å²) in [6.07, 6.45) is 8.73. The maximum atomic E-state index is 12.3. The van der Waals surface area contributed by atoms with Crippen molar-refractivity contribution in [2.45, 2.75) is 51.5 Å². The number of hydrazone groups is 1. The maximum Gasteiger partial charge on any atom is 0.343 e. The SMILES string of the molecule is CCCOc1ccc(C(=O)Oc2ccc(C=NNC(=S)NC3CCCCC3)cc2)cc1. The Labute approximate surface area is 189 Å². The summed E-state index contributed by atoms with van der Waals surface area (Å²) in [6.45, 7) is 2.70. The highest BCUT2D eigenvalue weighted by molar-refractivity contribution is 7.80. The van der Waals surface area contributed by atoms with Crippen molar-refractivity contribution >= 4 is 29.5 Å². The third-order valence-electron chi connectivity index (χ3n) is 4.97. The third kappa shape index (κ3) is 7.68. The van der Waals surface area contributed by atoms with Gasteiger partial charge in [-0.1, -0.05) is 26.2 Å². The standard InChI is InChI=1S/C24H29N3O3S/c1-2-16-29-21-14-10-19(11-15-21)23(28)30-22-12-8-18(9-13-22)17-25-27-24(31)26-20-6-4-3-5-7-20/h8-15,17,20H,2-7,16H2,1H3,(H2,26,27,31). The highest BCUT2D eigenvalue weighted by atomic mass is 32.1. The van der Waals surface area contributed by atoms with E-state index in [1.165, 1.54) is 19.3 Å². The van der Waals surface area contributed by atoms with Crippen LogP contribution in [-0.4, -0.2) is 29.9 Å². The number of ether oxygens (including phenoxy) is 2. The molecule has 164 valence electrons. The predicted molar refractivity (Wildman–Crippen MR) is 127 cm³/mol. The van der Waals surface area contributed by atoms with Gasteiger partial charge < -0.3 is 14.8 Å². The molecule has 2 N–H and O–H groups in total. The molecule has 7 heteroatoms. The van der Waals surface area contributed by atoms with Crippen LogP contribution >= 0.6 is 12.2 Å². The zero-order chi connectivity index (χ0) is 21.9. The van der Waals surface area contributed by atoms with E-state index in [4.69, 9.17) is 21.7 Å². The Kier molecular flexibility index (Phi) is 8.84. The number of esters is 1. The van der Waals surface area contributed by atoms with E-state index in [-0.39, 0.29) is 0 Å². The van der Waals surface area contributed by atoms with Crippen LogP contribution in [0.25, 0.3) is 0 Å². The van der Waals surface area contributed by atoms with Gasteiger partial charge in [0.15, 0.2) is 5.11 Å². The van der Waals surface area contributed by atoms with E-state index < -0.39 is 5.97 Å². The van der Waals surface area contributed by atoms with Gasteiger partial charge in [0, 0.05) is 6.04 Å². The van der Waals surface area contributed by atoms with E-state index in [1.807, 2.05) is 19.1 Å². The molecule has 0 saturated heterocycles. The number of carbonyl (C=O) groups excluding carboxylic acids is 1. The lowest BCUT2D eigenvalue weighted by atomic mass is 9.96. The van der Waals surface area contributed by atoms with Crippen LogP contribution in [-0.2, 0) is 0 Å². The molecule has 0 unspecified atom stereocenters. The maximum absolute atomic E-state index is 12.3. The fourth-order valence-corrected chi connectivity index (χ4v) is 3.54. The number of carbonyl (C=O) groups is 1. The summed E-state index contributed by atoms with van der Waals surface area (Å²) in [4.78, 5) is 12.3. The second-order valence-electron chi connectivity index (χ2n) is 7.51. The van der Waals surface area contributed by atoms with E-state index >= 15 is 0 Å². The Hall–Kier alpha value is -2.93. The lowest BCUT2D eigenvalue weighted by molar-refractivity contribution is 0.0734. The zero-order valence-electron chi connectivity index (χ0n) is 17.8. The lowest BCUT2D eigenvalue weighted by Crippen LogP contribution is -2.40. The third-order valence-corrected chi connectivity index (χ3v) is 5.18. The molecule has 0 spiro atoms. The van der Waals surface area contributed by atoms with Gasteiger partial charge in [-0.3, -0.25) is 5.43 Å². The normalized spacial score (nSPS) is 14.2. The molecule has 0 amide bonds. The highest BCUT2D eigenvalue weighted by Gasteiger charge is 2.13. The predicted octanol–water partition coefficient (Wildman–Crippen LogP) is 4.83. The van der Waals surface area contributed by atoms with Gasteiger partial charge >= 0.3 is 5.97 Å². The van der Waals surface area contributed by atoms with Crippen molar-refractivity contribution < 1.29 is 14.3 Å². The molecule has 3 rings (SSSR count). The second kappa shape index (κ2) is 12.1. The van der Waals surface area contributed by atoms with E-state index in [2.05, 4.69) is 15.8 Å². The van der Waals surface area contributed by atoms with Gasteiger partial charge in [-0.15, -0.1) is 0 Å². The van der Waals surface area contributed by atoms with Crippen molar-refractivity contribution in [3.63, 3.8) is 0 Å². The molecule has 1 saturated carbocycles. The van der Waals surface area contributed by atoms with Crippen LogP contribution in [0.15, 0.2) is 53.6 Å². The van der Waals surface area contributed by atoms with Crippen molar-refractivity contribution in [1.82, 2.24) is 10.7 Å². The smallest absolute Gasteiger partial charge is 0.343 e. The molecule has 0 bridgehead atoms. The molecule has 1 aliphatic rings. The van der Waals surface area contributed by atoms with Crippen LogP contribution in [0.4, 0.5) is 0 Å². The summed E-state index contributed by atoms with van der Waals surface area (Å²) in [5, 5.41) is 8.02. The second-order valence-corrected chi connectivity index (χ2v) is 7.92. The average molecular weight is 440 g/mol. The first-order chi connectivity index (χ1) is 15.1.